The van der Waals surface area contributed by atoms with Crippen LogP contribution in [0, 0.1) is 0 Å². The van der Waals surface area contributed by atoms with Gasteiger partial charge in [0.25, 0.3) is 0 Å². The summed E-state index contributed by atoms with van der Waals surface area (Å²) in [6, 6.07) is 6.02. The first-order valence-electron chi connectivity index (χ1n) is 5.23. The highest BCUT2D eigenvalue weighted by atomic mass is 35.5. The lowest BCUT2D eigenvalue weighted by Gasteiger charge is -2.10. The zero-order valence-electron chi connectivity index (χ0n) is 8.39. The molecule has 0 spiro atoms. The van der Waals surface area contributed by atoms with Gasteiger partial charge in [-0.2, -0.15) is 0 Å². The number of aromatic amines is 1. The van der Waals surface area contributed by atoms with Crippen molar-refractivity contribution in [2.45, 2.75) is 18.3 Å². The fraction of sp³-hybridized carbons (Fsp3) is 0.333. The minimum atomic E-state index is 0.225. The molecule has 0 radical (unpaired) electrons. The Labute approximate surface area is 93.4 Å². The minimum Gasteiger partial charge on any atom is -0.360 e. The van der Waals surface area contributed by atoms with Crippen LogP contribution < -0.4 is 5.73 Å². The van der Waals surface area contributed by atoms with Crippen molar-refractivity contribution in [2.75, 3.05) is 6.54 Å². The number of aromatic nitrogens is 1. The Hall–Kier alpha value is -0.990. The summed E-state index contributed by atoms with van der Waals surface area (Å²) in [5.74, 6) is 0. The molecule has 1 heterocycles. The third kappa shape index (κ3) is 1.22. The van der Waals surface area contributed by atoms with Gasteiger partial charge in [0, 0.05) is 23.5 Å². The van der Waals surface area contributed by atoms with Crippen LogP contribution in [0.15, 0.2) is 24.4 Å². The Balaban J connectivity index is 2.25. The van der Waals surface area contributed by atoms with E-state index in [2.05, 4.69) is 17.2 Å². The van der Waals surface area contributed by atoms with Gasteiger partial charge in [-0.15, -0.1) is 0 Å². The summed E-state index contributed by atoms with van der Waals surface area (Å²) in [6.45, 7) is 0.729. The molecule has 3 N–H and O–H groups in total. The van der Waals surface area contributed by atoms with Gasteiger partial charge in [-0.25, -0.2) is 0 Å². The van der Waals surface area contributed by atoms with E-state index >= 15 is 0 Å². The second-order valence-corrected chi connectivity index (χ2v) is 4.76. The van der Waals surface area contributed by atoms with E-state index in [1.165, 1.54) is 23.8 Å². The molecular formula is C12H13ClN2. The average Bonchev–Trinajstić information content (AvgIpc) is 2.92. The summed E-state index contributed by atoms with van der Waals surface area (Å²) in [4.78, 5) is 3.25. The predicted molar refractivity (Wildman–Crippen MR) is 63.3 cm³/mol. The predicted octanol–water partition coefficient (Wildman–Crippen LogP) is 2.81. The molecule has 1 aliphatic rings. The maximum absolute atomic E-state index is 6.12. The van der Waals surface area contributed by atoms with Crippen molar-refractivity contribution in [3.8, 4) is 0 Å². The maximum atomic E-state index is 6.12. The highest BCUT2D eigenvalue weighted by molar-refractivity contribution is 6.35. The van der Waals surface area contributed by atoms with Crippen LogP contribution in [0.2, 0.25) is 5.02 Å². The van der Waals surface area contributed by atoms with Crippen molar-refractivity contribution in [3.05, 3.63) is 35.0 Å². The van der Waals surface area contributed by atoms with Crippen molar-refractivity contribution >= 4 is 22.5 Å². The van der Waals surface area contributed by atoms with E-state index in [0.29, 0.717) is 0 Å². The maximum Gasteiger partial charge on any atom is 0.0647 e. The van der Waals surface area contributed by atoms with Crippen LogP contribution in [0.25, 0.3) is 10.9 Å². The van der Waals surface area contributed by atoms with Crippen LogP contribution >= 0.6 is 11.6 Å². The summed E-state index contributed by atoms with van der Waals surface area (Å²) >= 11 is 6.12. The molecule has 3 rings (SSSR count). The van der Waals surface area contributed by atoms with Crippen molar-refractivity contribution in [1.82, 2.24) is 4.98 Å². The third-order valence-corrected chi connectivity index (χ3v) is 3.80. The lowest BCUT2D eigenvalue weighted by Crippen LogP contribution is -2.19. The fourth-order valence-corrected chi connectivity index (χ4v) is 2.52. The molecule has 15 heavy (non-hydrogen) atoms. The van der Waals surface area contributed by atoms with E-state index in [1.54, 1.807) is 0 Å². The normalized spacial score (nSPS) is 18.3. The lowest BCUT2D eigenvalue weighted by atomic mass is 9.96. The van der Waals surface area contributed by atoms with E-state index in [0.717, 1.165) is 17.1 Å². The van der Waals surface area contributed by atoms with Crippen molar-refractivity contribution in [2.24, 2.45) is 5.73 Å². The van der Waals surface area contributed by atoms with Gasteiger partial charge in [0.15, 0.2) is 0 Å². The Bertz CT molecular complexity index is 511. The Morgan fingerprint density at radius 2 is 2.20 bits per heavy atom. The molecule has 0 amide bonds. The molecule has 0 atom stereocenters. The van der Waals surface area contributed by atoms with Gasteiger partial charge < -0.3 is 10.7 Å². The van der Waals surface area contributed by atoms with Crippen molar-refractivity contribution in [1.29, 1.82) is 0 Å². The number of halogens is 1. The number of H-pyrrole nitrogens is 1. The number of hydrogen-bond donors (Lipinski definition) is 2. The van der Waals surface area contributed by atoms with Crippen LogP contribution in [-0.4, -0.2) is 11.5 Å². The van der Waals surface area contributed by atoms with Crippen LogP contribution in [0.3, 0.4) is 0 Å². The van der Waals surface area contributed by atoms with Gasteiger partial charge in [-0.3, -0.25) is 0 Å². The zero-order valence-corrected chi connectivity index (χ0v) is 9.14. The van der Waals surface area contributed by atoms with E-state index in [4.69, 9.17) is 17.3 Å². The molecule has 1 aromatic carbocycles. The Morgan fingerprint density at radius 1 is 1.40 bits per heavy atom. The number of rotatable bonds is 2. The van der Waals surface area contributed by atoms with Crippen molar-refractivity contribution in [3.63, 3.8) is 0 Å². The Kier molecular flexibility index (Phi) is 1.85. The molecule has 1 aliphatic carbocycles. The van der Waals surface area contributed by atoms with E-state index in [9.17, 15) is 0 Å². The fourth-order valence-electron chi connectivity index (χ4n) is 2.29. The summed E-state index contributed by atoms with van der Waals surface area (Å²) < 4.78 is 0. The number of hydrogen-bond acceptors (Lipinski definition) is 1. The topological polar surface area (TPSA) is 41.8 Å². The molecule has 0 saturated heterocycles. The first kappa shape index (κ1) is 9.25. The molecule has 2 aromatic rings. The zero-order chi connectivity index (χ0) is 10.5. The Morgan fingerprint density at radius 3 is 2.87 bits per heavy atom. The largest absolute Gasteiger partial charge is 0.360 e. The molecule has 1 saturated carbocycles. The van der Waals surface area contributed by atoms with E-state index in [-0.39, 0.29) is 5.41 Å². The first-order valence-corrected chi connectivity index (χ1v) is 5.61. The third-order valence-electron chi connectivity index (χ3n) is 3.48. The summed E-state index contributed by atoms with van der Waals surface area (Å²) in [5, 5.41) is 2.01. The van der Waals surface area contributed by atoms with E-state index in [1.807, 2.05) is 12.1 Å². The molecule has 3 heteroatoms. The second kappa shape index (κ2) is 3.00. The molecular weight excluding hydrogens is 208 g/mol. The monoisotopic (exact) mass is 220 g/mol. The van der Waals surface area contributed by atoms with Gasteiger partial charge in [-0.05, 0) is 24.5 Å². The number of nitrogens with two attached hydrogens (primary N) is 1. The second-order valence-electron chi connectivity index (χ2n) is 4.35. The van der Waals surface area contributed by atoms with Gasteiger partial charge >= 0.3 is 0 Å². The van der Waals surface area contributed by atoms with Crippen LogP contribution in [0.4, 0.5) is 0 Å². The number of fused-ring (bicyclic) bond motifs is 1. The quantitative estimate of drug-likeness (QED) is 0.803. The SMILES string of the molecule is NCC1(c2c[nH]c3c(Cl)cccc23)CC1. The molecule has 2 nitrogen and oxygen atoms in total. The number of para-hydroxylation sites is 1. The molecule has 1 fully saturated rings. The van der Waals surface area contributed by atoms with Crippen LogP contribution in [0.5, 0.6) is 0 Å². The smallest absolute Gasteiger partial charge is 0.0647 e. The summed E-state index contributed by atoms with van der Waals surface area (Å²) in [5.41, 5.74) is 8.44. The lowest BCUT2D eigenvalue weighted by molar-refractivity contribution is 0.711. The number of nitrogens with one attached hydrogen (secondary N) is 1. The van der Waals surface area contributed by atoms with Gasteiger partial charge in [0.1, 0.15) is 0 Å². The standard InChI is InChI=1S/C12H13ClN2/c13-10-3-1-2-8-9(6-15-11(8)10)12(7-14)4-5-12/h1-3,6,15H,4-5,7,14H2. The molecule has 0 aliphatic heterocycles. The first-order chi connectivity index (χ1) is 7.27. The van der Waals surface area contributed by atoms with Crippen molar-refractivity contribution < 1.29 is 0 Å². The van der Waals surface area contributed by atoms with Gasteiger partial charge in [-0.1, -0.05) is 23.7 Å². The molecule has 0 unspecified atom stereocenters. The average molecular weight is 221 g/mol. The highest BCUT2D eigenvalue weighted by Crippen LogP contribution is 2.49. The summed E-state index contributed by atoms with van der Waals surface area (Å²) in [7, 11) is 0. The summed E-state index contributed by atoms with van der Waals surface area (Å²) in [6.07, 6.45) is 4.46. The minimum absolute atomic E-state index is 0.225. The van der Waals surface area contributed by atoms with Crippen LogP contribution in [-0.2, 0) is 5.41 Å². The van der Waals surface area contributed by atoms with Gasteiger partial charge in [0.05, 0.1) is 10.5 Å². The highest BCUT2D eigenvalue weighted by Gasteiger charge is 2.44. The molecule has 78 valence electrons. The number of benzene rings is 1. The van der Waals surface area contributed by atoms with Gasteiger partial charge in [0.2, 0.25) is 0 Å². The van der Waals surface area contributed by atoms with E-state index < -0.39 is 0 Å². The molecule has 0 bridgehead atoms. The van der Waals surface area contributed by atoms with Crippen LogP contribution in [0.1, 0.15) is 18.4 Å². The molecule has 1 aromatic heterocycles.